The smallest absolute Gasteiger partial charge is 0.309 e. The van der Waals surface area contributed by atoms with Crippen LogP contribution in [0, 0.1) is 5.92 Å². The Balaban J connectivity index is 0.00000147. The second-order valence-corrected chi connectivity index (χ2v) is 4.95. The molecule has 1 aliphatic rings. The Labute approximate surface area is 123 Å². The number of hydrogen-bond acceptors (Lipinski definition) is 4. The molecule has 2 aromatic rings. The molecule has 0 saturated carbocycles. The maximum absolute atomic E-state index is 11.8. The molecule has 108 valence electrons. The lowest BCUT2D eigenvalue weighted by Gasteiger charge is -2.19. The largest absolute Gasteiger partial charge is 0.466 e. The van der Waals surface area contributed by atoms with E-state index in [-0.39, 0.29) is 24.3 Å². The van der Waals surface area contributed by atoms with Gasteiger partial charge < -0.3 is 14.9 Å². The van der Waals surface area contributed by atoms with Gasteiger partial charge >= 0.3 is 5.97 Å². The van der Waals surface area contributed by atoms with Crippen LogP contribution in [0.25, 0.3) is 11.0 Å². The molecule has 5 heteroatoms. The fourth-order valence-electron chi connectivity index (χ4n) is 2.76. The number of carbonyl (C=O) groups is 1. The molecule has 1 heterocycles. The van der Waals surface area contributed by atoms with Crippen LogP contribution < -0.4 is 5.73 Å². The molecule has 0 saturated heterocycles. The normalized spacial score (nSPS) is 17.4. The fraction of sp³-hybridized carbons (Fsp3) is 0.400. The van der Waals surface area contributed by atoms with Gasteiger partial charge in [-0.05, 0) is 31.9 Å². The van der Waals surface area contributed by atoms with Crippen LogP contribution >= 0.6 is 12.4 Å². The zero-order chi connectivity index (χ0) is 13.4. The van der Waals surface area contributed by atoms with Gasteiger partial charge in [0.1, 0.15) is 11.3 Å². The number of anilines is 1. The minimum atomic E-state index is -0.117. The minimum absolute atomic E-state index is 0. The lowest BCUT2D eigenvalue weighted by atomic mass is 9.87. The first kappa shape index (κ1) is 14.7. The van der Waals surface area contributed by atoms with Crippen molar-refractivity contribution in [2.24, 2.45) is 5.92 Å². The lowest BCUT2D eigenvalue weighted by molar-refractivity contribution is -0.148. The van der Waals surface area contributed by atoms with Crippen molar-refractivity contribution in [3.05, 3.63) is 29.5 Å². The van der Waals surface area contributed by atoms with E-state index in [0.29, 0.717) is 18.7 Å². The number of halogens is 1. The van der Waals surface area contributed by atoms with Gasteiger partial charge in [-0.15, -0.1) is 12.4 Å². The molecule has 20 heavy (non-hydrogen) atoms. The second kappa shape index (κ2) is 5.75. The van der Waals surface area contributed by atoms with Gasteiger partial charge in [-0.25, -0.2) is 0 Å². The summed E-state index contributed by atoms with van der Waals surface area (Å²) in [7, 11) is 0. The zero-order valence-electron chi connectivity index (χ0n) is 11.3. The Hall–Kier alpha value is -1.68. The molecule has 2 N–H and O–H groups in total. The zero-order valence-corrected chi connectivity index (χ0v) is 12.2. The summed E-state index contributed by atoms with van der Waals surface area (Å²) in [4.78, 5) is 11.8. The van der Waals surface area contributed by atoms with Gasteiger partial charge in [-0.2, -0.15) is 0 Å². The summed E-state index contributed by atoms with van der Waals surface area (Å²) < 4.78 is 10.9. The summed E-state index contributed by atoms with van der Waals surface area (Å²) in [5.41, 5.74) is 8.49. The standard InChI is InChI=1S/C15H17NO3.ClH/c1-2-18-15(17)9-3-5-11-12-6-4-10(16)8-14(12)19-13(11)7-9;/h4,6,8-9H,2-3,5,7,16H2,1H3;1H. The van der Waals surface area contributed by atoms with Crippen molar-refractivity contribution >= 4 is 35.0 Å². The van der Waals surface area contributed by atoms with Gasteiger partial charge in [0.05, 0.1) is 12.5 Å². The third-order valence-electron chi connectivity index (χ3n) is 3.70. The summed E-state index contributed by atoms with van der Waals surface area (Å²) in [6.07, 6.45) is 2.31. The molecule has 3 rings (SSSR count). The summed E-state index contributed by atoms with van der Waals surface area (Å²) in [5.74, 6) is 0.711. The van der Waals surface area contributed by atoms with E-state index in [0.717, 1.165) is 29.6 Å². The van der Waals surface area contributed by atoms with E-state index < -0.39 is 0 Å². The number of esters is 1. The van der Waals surface area contributed by atoms with Gasteiger partial charge in [0.15, 0.2) is 0 Å². The maximum atomic E-state index is 11.8. The van der Waals surface area contributed by atoms with E-state index in [1.165, 1.54) is 5.56 Å². The Morgan fingerprint density at radius 2 is 2.30 bits per heavy atom. The van der Waals surface area contributed by atoms with Crippen LogP contribution in [-0.2, 0) is 22.4 Å². The number of benzene rings is 1. The monoisotopic (exact) mass is 295 g/mol. The Morgan fingerprint density at radius 1 is 1.50 bits per heavy atom. The van der Waals surface area contributed by atoms with E-state index in [4.69, 9.17) is 14.9 Å². The van der Waals surface area contributed by atoms with Crippen LogP contribution in [0.4, 0.5) is 5.69 Å². The number of nitrogen functional groups attached to an aromatic ring is 1. The topological polar surface area (TPSA) is 65.5 Å². The van der Waals surface area contributed by atoms with Crippen molar-refractivity contribution in [1.82, 2.24) is 0 Å². The lowest BCUT2D eigenvalue weighted by Crippen LogP contribution is -2.24. The molecule has 0 fully saturated rings. The fourth-order valence-corrected chi connectivity index (χ4v) is 2.76. The summed E-state index contributed by atoms with van der Waals surface area (Å²) in [5, 5.41) is 1.12. The number of aryl methyl sites for hydroxylation is 1. The van der Waals surface area contributed by atoms with Gasteiger partial charge in [0.2, 0.25) is 0 Å². The molecule has 1 unspecified atom stereocenters. The van der Waals surface area contributed by atoms with Crippen LogP contribution in [0.5, 0.6) is 0 Å². The molecular formula is C15H18ClNO3. The average Bonchev–Trinajstić information content (AvgIpc) is 2.75. The quantitative estimate of drug-likeness (QED) is 0.683. The molecule has 0 amide bonds. The van der Waals surface area contributed by atoms with Crippen molar-refractivity contribution in [1.29, 1.82) is 0 Å². The van der Waals surface area contributed by atoms with Crippen molar-refractivity contribution in [2.75, 3.05) is 12.3 Å². The predicted molar refractivity (Wildman–Crippen MR) is 80.0 cm³/mol. The number of hydrogen-bond donors (Lipinski definition) is 1. The van der Waals surface area contributed by atoms with Crippen LogP contribution in [0.3, 0.4) is 0 Å². The van der Waals surface area contributed by atoms with Crippen molar-refractivity contribution in [3.8, 4) is 0 Å². The minimum Gasteiger partial charge on any atom is -0.466 e. The van der Waals surface area contributed by atoms with Crippen molar-refractivity contribution in [2.45, 2.75) is 26.2 Å². The number of ether oxygens (including phenoxy) is 1. The first-order valence-electron chi connectivity index (χ1n) is 6.65. The van der Waals surface area contributed by atoms with Gasteiger partial charge in [0, 0.05) is 29.1 Å². The van der Waals surface area contributed by atoms with Crippen molar-refractivity contribution < 1.29 is 13.9 Å². The molecule has 1 aromatic carbocycles. The Morgan fingerprint density at radius 3 is 3.05 bits per heavy atom. The van der Waals surface area contributed by atoms with Gasteiger partial charge in [0.25, 0.3) is 0 Å². The van der Waals surface area contributed by atoms with Crippen molar-refractivity contribution in [3.63, 3.8) is 0 Å². The summed E-state index contributed by atoms with van der Waals surface area (Å²) in [6.45, 7) is 2.26. The first-order chi connectivity index (χ1) is 9.19. The van der Waals surface area contributed by atoms with E-state index in [1.54, 1.807) is 0 Å². The summed E-state index contributed by atoms with van der Waals surface area (Å²) in [6, 6.07) is 5.72. The van der Waals surface area contributed by atoms with Gasteiger partial charge in [-0.3, -0.25) is 4.79 Å². The van der Waals surface area contributed by atoms with Crippen LogP contribution in [0.15, 0.2) is 22.6 Å². The maximum Gasteiger partial charge on any atom is 0.309 e. The predicted octanol–water partition coefficient (Wildman–Crippen LogP) is 3.10. The van der Waals surface area contributed by atoms with E-state index in [9.17, 15) is 4.79 Å². The molecule has 1 aromatic heterocycles. The summed E-state index contributed by atoms with van der Waals surface area (Å²) >= 11 is 0. The van der Waals surface area contributed by atoms with Crippen LogP contribution in [-0.4, -0.2) is 12.6 Å². The molecule has 0 radical (unpaired) electrons. The number of nitrogens with two attached hydrogens (primary N) is 1. The first-order valence-corrected chi connectivity index (χ1v) is 6.65. The van der Waals surface area contributed by atoms with Gasteiger partial charge in [-0.1, -0.05) is 0 Å². The molecule has 0 bridgehead atoms. The highest BCUT2D eigenvalue weighted by Crippen LogP contribution is 2.35. The highest BCUT2D eigenvalue weighted by molar-refractivity contribution is 5.86. The number of fused-ring (bicyclic) bond motifs is 3. The molecule has 0 aliphatic heterocycles. The molecule has 0 spiro atoms. The highest BCUT2D eigenvalue weighted by Gasteiger charge is 2.29. The second-order valence-electron chi connectivity index (χ2n) is 4.95. The number of rotatable bonds is 2. The Bertz CT molecular complexity index is 635. The highest BCUT2D eigenvalue weighted by atomic mass is 35.5. The molecule has 1 aliphatic carbocycles. The van der Waals surface area contributed by atoms with E-state index >= 15 is 0 Å². The van der Waals surface area contributed by atoms with E-state index in [2.05, 4.69) is 0 Å². The third kappa shape index (κ3) is 2.48. The SMILES string of the molecule is CCOC(=O)C1CCc2c(oc3cc(N)ccc23)C1.Cl. The molecular weight excluding hydrogens is 278 g/mol. The van der Waals surface area contributed by atoms with Crippen LogP contribution in [0.2, 0.25) is 0 Å². The third-order valence-corrected chi connectivity index (χ3v) is 3.70. The number of carbonyl (C=O) groups excluding carboxylic acids is 1. The molecule has 4 nitrogen and oxygen atoms in total. The molecule has 1 atom stereocenters. The average molecular weight is 296 g/mol. The Kier molecular flexibility index (Phi) is 4.23. The van der Waals surface area contributed by atoms with E-state index in [1.807, 2.05) is 25.1 Å². The number of furan rings is 1. The van der Waals surface area contributed by atoms with Crippen LogP contribution in [0.1, 0.15) is 24.7 Å².